The van der Waals surface area contributed by atoms with Crippen molar-refractivity contribution in [2.24, 2.45) is 0 Å². The predicted molar refractivity (Wildman–Crippen MR) is 114 cm³/mol. The minimum Gasteiger partial charge on any atom is -0.487 e. The fourth-order valence-corrected chi connectivity index (χ4v) is 4.02. The van der Waals surface area contributed by atoms with E-state index in [2.05, 4.69) is 10.2 Å². The SMILES string of the molecule is CC(=S)NC(=O)c1cn2c3c(c(N4CCN(C)CC4)c(F)cc3c1=O)OC[C@H]2C. The Balaban J connectivity index is 1.94. The maximum atomic E-state index is 15.2. The average Bonchev–Trinajstić information content (AvgIpc) is 2.66. The van der Waals surface area contributed by atoms with Gasteiger partial charge < -0.3 is 24.4 Å². The number of halogens is 1. The Kier molecular flexibility index (Phi) is 5.04. The van der Waals surface area contributed by atoms with E-state index in [1.807, 2.05) is 23.4 Å². The number of amides is 1. The molecule has 0 aliphatic carbocycles. The summed E-state index contributed by atoms with van der Waals surface area (Å²) in [5.74, 6) is -0.728. The smallest absolute Gasteiger partial charge is 0.261 e. The van der Waals surface area contributed by atoms with Crippen LogP contribution in [0.25, 0.3) is 10.9 Å². The van der Waals surface area contributed by atoms with Gasteiger partial charge in [0.1, 0.15) is 17.9 Å². The number of thiocarbonyl (C=S) groups is 1. The summed E-state index contributed by atoms with van der Waals surface area (Å²) in [5.41, 5.74) is 0.318. The summed E-state index contributed by atoms with van der Waals surface area (Å²) in [4.78, 5) is 29.9. The molecule has 2 aromatic rings. The molecule has 0 saturated carbocycles. The third-order valence-corrected chi connectivity index (χ3v) is 5.60. The van der Waals surface area contributed by atoms with Crippen LogP contribution in [-0.4, -0.2) is 60.2 Å². The summed E-state index contributed by atoms with van der Waals surface area (Å²) >= 11 is 4.92. The topological polar surface area (TPSA) is 66.8 Å². The van der Waals surface area contributed by atoms with E-state index in [0.29, 0.717) is 36.6 Å². The van der Waals surface area contributed by atoms with Gasteiger partial charge in [-0.05, 0) is 27.0 Å². The quantitative estimate of drug-likeness (QED) is 0.752. The normalized spacial score (nSPS) is 19.2. The summed E-state index contributed by atoms with van der Waals surface area (Å²) in [6.45, 7) is 6.78. The summed E-state index contributed by atoms with van der Waals surface area (Å²) in [6.07, 6.45) is 1.53. The van der Waals surface area contributed by atoms with Crippen molar-refractivity contribution in [3.63, 3.8) is 0 Å². The van der Waals surface area contributed by atoms with Crippen LogP contribution >= 0.6 is 12.2 Å². The van der Waals surface area contributed by atoms with Gasteiger partial charge in [0, 0.05) is 32.4 Å². The van der Waals surface area contributed by atoms with E-state index < -0.39 is 17.2 Å². The van der Waals surface area contributed by atoms with Gasteiger partial charge in [-0.1, -0.05) is 12.2 Å². The van der Waals surface area contributed by atoms with Crippen molar-refractivity contribution in [1.29, 1.82) is 0 Å². The average molecular weight is 418 g/mol. The lowest BCUT2D eigenvalue weighted by molar-refractivity contribution is 0.0975. The maximum absolute atomic E-state index is 15.2. The molecule has 7 nitrogen and oxygen atoms in total. The number of nitrogens with one attached hydrogen (secondary N) is 1. The van der Waals surface area contributed by atoms with Crippen LogP contribution in [0.1, 0.15) is 30.2 Å². The van der Waals surface area contributed by atoms with Gasteiger partial charge >= 0.3 is 0 Å². The summed E-state index contributed by atoms with van der Waals surface area (Å²) in [5, 5.41) is 2.62. The maximum Gasteiger partial charge on any atom is 0.261 e. The number of pyridine rings is 1. The molecular formula is C20H23FN4O3S. The van der Waals surface area contributed by atoms with Gasteiger partial charge in [0.15, 0.2) is 11.6 Å². The van der Waals surface area contributed by atoms with Crippen molar-refractivity contribution >= 4 is 39.7 Å². The molecule has 1 saturated heterocycles. The van der Waals surface area contributed by atoms with Gasteiger partial charge in [0.2, 0.25) is 5.43 Å². The highest BCUT2D eigenvalue weighted by atomic mass is 32.1. The van der Waals surface area contributed by atoms with Crippen LogP contribution in [0.15, 0.2) is 17.1 Å². The molecule has 3 heterocycles. The zero-order valence-corrected chi connectivity index (χ0v) is 17.4. The minimum absolute atomic E-state index is 0.0619. The van der Waals surface area contributed by atoms with Crippen LogP contribution in [0, 0.1) is 5.82 Å². The van der Waals surface area contributed by atoms with E-state index in [9.17, 15) is 9.59 Å². The third kappa shape index (κ3) is 3.38. The second-order valence-corrected chi connectivity index (χ2v) is 8.28. The molecule has 0 spiro atoms. The molecule has 0 radical (unpaired) electrons. The van der Waals surface area contributed by atoms with Crippen molar-refractivity contribution in [2.75, 3.05) is 44.7 Å². The fraction of sp³-hybridized carbons (Fsp3) is 0.450. The first kappa shape index (κ1) is 19.8. The van der Waals surface area contributed by atoms with Gasteiger partial charge in [-0.3, -0.25) is 9.59 Å². The predicted octanol–water partition coefficient (Wildman–Crippen LogP) is 1.92. The molecule has 29 heavy (non-hydrogen) atoms. The van der Waals surface area contributed by atoms with Crippen LogP contribution in [0.4, 0.5) is 10.1 Å². The lowest BCUT2D eigenvalue weighted by Gasteiger charge is -2.37. The number of piperazine rings is 1. The van der Waals surface area contributed by atoms with E-state index in [1.54, 1.807) is 6.92 Å². The summed E-state index contributed by atoms with van der Waals surface area (Å²) < 4.78 is 23.0. The lowest BCUT2D eigenvalue weighted by atomic mass is 10.0. The van der Waals surface area contributed by atoms with Crippen LogP contribution < -0.4 is 20.4 Å². The molecule has 2 aliphatic heterocycles. The summed E-state index contributed by atoms with van der Waals surface area (Å²) in [7, 11) is 2.03. The van der Waals surface area contributed by atoms with Crippen LogP contribution in [-0.2, 0) is 0 Å². The molecule has 1 N–H and O–H groups in total. The summed E-state index contributed by atoms with van der Waals surface area (Å²) in [6, 6.07) is 1.12. The first-order chi connectivity index (χ1) is 13.8. The number of hydrogen-bond donors (Lipinski definition) is 1. The molecule has 1 atom stereocenters. The Bertz CT molecular complexity index is 1080. The van der Waals surface area contributed by atoms with E-state index >= 15 is 4.39 Å². The Morgan fingerprint density at radius 3 is 2.66 bits per heavy atom. The first-order valence-corrected chi connectivity index (χ1v) is 9.98. The van der Waals surface area contributed by atoms with Gasteiger partial charge in [-0.25, -0.2) is 4.39 Å². The van der Waals surface area contributed by atoms with Crippen molar-refractivity contribution in [3.8, 4) is 5.75 Å². The molecule has 0 bridgehead atoms. The highest BCUT2D eigenvalue weighted by Crippen LogP contribution is 2.42. The molecule has 4 rings (SSSR count). The Hall–Kier alpha value is -2.52. The molecule has 2 aliphatic rings. The second-order valence-electron chi connectivity index (χ2n) is 7.67. The van der Waals surface area contributed by atoms with E-state index in [0.717, 1.165) is 13.1 Å². The minimum atomic E-state index is -0.586. The monoisotopic (exact) mass is 418 g/mol. The number of benzene rings is 1. The first-order valence-electron chi connectivity index (χ1n) is 9.57. The lowest BCUT2D eigenvalue weighted by Crippen LogP contribution is -2.45. The van der Waals surface area contributed by atoms with Crippen molar-refractivity contribution in [3.05, 3.63) is 33.9 Å². The zero-order valence-electron chi connectivity index (χ0n) is 16.6. The van der Waals surface area contributed by atoms with Crippen LogP contribution in [0.2, 0.25) is 0 Å². The number of rotatable bonds is 2. The molecule has 154 valence electrons. The number of aromatic nitrogens is 1. The molecular weight excluding hydrogens is 395 g/mol. The van der Waals surface area contributed by atoms with Crippen LogP contribution in [0.5, 0.6) is 5.75 Å². The third-order valence-electron chi connectivity index (χ3n) is 5.50. The molecule has 1 fully saturated rings. The molecule has 1 amide bonds. The molecule has 0 unspecified atom stereocenters. The van der Waals surface area contributed by atoms with Crippen molar-refractivity contribution < 1.29 is 13.9 Å². The number of nitrogens with zero attached hydrogens (tertiary/aromatic N) is 3. The number of hydrogen-bond acceptors (Lipinski definition) is 6. The molecule has 1 aromatic carbocycles. The number of carbonyl (C=O) groups is 1. The van der Waals surface area contributed by atoms with Crippen molar-refractivity contribution in [1.82, 2.24) is 14.8 Å². The number of likely N-dealkylation sites (N-methyl/N-ethyl adjacent to an activating group) is 1. The number of ether oxygens (including phenoxy) is 1. The zero-order chi connectivity index (χ0) is 20.9. The second kappa shape index (κ2) is 7.38. The number of carbonyl (C=O) groups excluding carboxylic acids is 1. The van der Waals surface area contributed by atoms with Gasteiger partial charge in [-0.15, -0.1) is 0 Å². The van der Waals surface area contributed by atoms with Gasteiger partial charge in [0.25, 0.3) is 5.91 Å². The van der Waals surface area contributed by atoms with E-state index in [-0.39, 0.29) is 22.0 Å². The van der Waals surface area contributed by atoms with E-state index in [4.69, 9.17) is 17.0 Å². The van der Waals surface area contributed by atoms with Gasteiger partial charge in [-0.2, -0.15) is 0 Å². The van der Waals surface area contributed by atoms with Crippen LogP contribution in [0.3, 0.4) is 0 Å². The number of anilines is 1. The fourth-order valence-electron chi connectivity index (χ4n) is 3.93. The largest absolute Gasteiger partial charge is 0.487 e. The highest BCUT2D eigenvalue weighted by molar-refractivity contribution is 7.80. The highest BCUT2D eigenvalue weighted by Gasteiger charge is 2.31. The van der Waals surface area contributed by atoms with E-state index in [1.165, 1.54) is 12.3 Å². The molecule has 1 aromatic heterocycles. The Morgan fingerprint density at radius 1 is 1.31 bits per heavy atom. The standard InChI is InChI=1S/C20H23FN4O3S/c1-11-10-28-19-16-13(8-15(21)17(19)24-6-4-23(3)5-7-24)18(26)14(9-25(11)16)20(27)22-12(2)29/h8-9,11H,4-7,10H2,1-3H3,(H,22,27,29)/t11-/m1/s1. The Morgan fingerprint density at radius 2 is 2.00 bits per heavy atom. The Labute approximate surface area is 173 Å². The van der Waals surface area contributed by atoms with Crippen molar-refractivity contribution in [2.45, 2.75) is 19.9 Å². The van der Waals surface area contributed by atoms with Gasteiger partial charge in [0.05, 0.1) is 21.9 Å². The molecule has 9 heteroatoms.